The van der Waals surface area contributed by atoms with Gasteiger partial charge in [-0.3, -0.25) is 4.90 Å². The van der Waals surface area contributed by atoms with E-state index in [-0.39, 0.29) is 6.04 Å². The summed E-state index contributed by atoms with van der Waals surface area (Å²) in [6, 6.07) is 6.18. The fraction of sp³-hybridized carbons (Fsp3) is 0.571. The lowest BCUT2D eigenvalue weighted by molar-refractivity contribution is -0.0163. The second-order valence-electron chi connectivity index (χ2n) is 5.35. The number of hydrogen-bond donors (Lipinski definition) is 1. The summed E-state index contributed by atoms with van der Waals surface area (Å²) in [7, 11) is 3.73. The molecule has 3 heteroatoms. The van der Waals surface area contributed by atoms with E-state index < -0.39 is 5.60 Å². The Kier molecular flexibility index (Phi) is 3.15. The zero-order valence-electron chi connectivity index (χ0n) is 11.0. The molecule has 3 nitrogen and oxygen atoms in total. The molecular formula is C14H21NO2. The molecule has 0 spiro atoms. The molecular weight excluding hydrogens is 214 g/mol. The highest BCUT2D eigenvalue weighted by atomic mass is 16.5. The summed E-state index contributed by atoms with van der Waals surface area (Å²) >= 11 is 0. The van der Waals surface area contributed by atoms with Crippen molar-refractivity contribution in [1.29, 1.82) is 0 Å². The van der Waals surface area contributed by atoms with Gasteiger partial charge in [-0.15, -0.1) is 0 Å². The van der Waals surface area contributed by atoms with E-state index >= 15 is 0 Å². The van der Waals surface area contributed by atoms with Crippen LogP contribution in [0.3, 0.4) is 0 Å². The third-order valence-electron chi connectivity index (χ3n) is 3.49. The zero-order chi connectivity index (χ0) is 12.6. The minimum absolute atomic E-state index is 0.0290. The third-order valence-corrected chi connectivity index (χ3v) is 3.49. The SMILES string of the molecule is COc1ccc2c(c1)C(C(C)(C)O)N(C)CC2. The second-order valence-corrected chi connectivity index (χ2v) is 5.35. The number of benzene rings is 1. The number of fused-ring (bicyclic) bond motifs is 1. The van der Waals surface area contributed by atoms with Crippen LogP contribution in [-0.4, -0.2) is 36.3 Å². The highest BCUT2D eigenvalue weighted by Gasteiger charge is 2.35. The van der Waals surface area contributed by atoms with Crippen LogP contribution in [-0.2, 0) is 6.42 Å². The number of nitrogens with zero attached hydrogens (tertiary/aromatic N) is 1. The molecule has 2 rings (SSSR count). The maximum absolute atomic E-state index is 10.3. The molecule has 0 saturated carbocycles. The number of likely N-dealkylation sites (N-methyl/N-ethyl adjacent to an activating group) is 1. The van der Waals surface area contributed by atoms with Crippen molar-refractivity contribution in [3.05, 3.63) is 29.3 Å². The molecule has 0 fully saturated rings. The van der Waals surface area contributed by atoms with Crippen LogP contribution in [0.4, 0.5) is 0 Å². The minimum atomic E-state index is -0.754. The summed E-state index contributed by atoms with van der Waals surface area (Å²) in [4.78, 5) is 2.21. The summed E-state index contributed by atoms with van der Waals surface area (Å²) in [5.74, 6) is 0.855. The Hall–Kier alpha value is -1.06. The second kappa shape index (κ2) is 4.31. The van der Waals surface area contributed by atoms with Crippen molar-refractivity contribution < 1.29 is 9.84 Å². The summed E-state index contributed by atoms with van der Waals surface area (Å²) < 4.78 is 5.28. The molecule has 1 aliphatic heterocycles. The maximum atomic E-state index is 10.3. The fourth-order valence-corrected chi connectivity index (χ4v) is 2.77. The monoisotopic (exact) mass is 235 g/mol. The first-order chi connectivity index (χ1) is 7.93. The van der Waals surface area contributed by atoms with Gasteiger partial charge in [-0.25, -0.2) is 0 Å². The average molecular weight is 235 g/mol. The summed E-state index contributed by atoms with van der Waals surface area (Å²) in [5.41, 5.74) is 1.75. The predicted molar refractivity (Wildman–Crippen MR) is 68.4 cm³/mol. The van der Waals surface area contributed by atoms with Crippen molar-refractivity contribution in [2.24, 2.45) is 0 Å². The van der Waals surface area contributed by atoms with Crippen molar-refractivity contribution >= 4 is 0 Å². The van der Waals surface area contributed by atoms with Gasteiger partial charge in [0.2, 0.25) is 0 Å². The van der Waals surface area contributed by atoms with Gasteiger partial charge in [0.05, 0.1) is 18.8 Å². The molecule has 0 aliphatic carbocycles. The molecule has 17 heavy (non-hydrogen) atoms. The number of methoxy groups -OCH3 is 1. The molecule has 0 saturated heterocycles. The van der Waals surface area contributed by atoms with Gasteiger partial charge in [-0.05, 0) is 50.6 Å². The van der Waals surface area contributed by atoms with Crippen molar-refractivity contribution in [3.8, 4) is 5.75 Å². The van der Waals surface area contributed by atoms with E-state index in [2.05, 4.69) is 18.0 Å². The first-order valence-corrected chi connectivity index (χ1v) is 6.03. The van der Waals surface area contributed by atoms with Gasteiger partial charge in [0.1, 0.15) is 5.75 Å². The van der Waals surface area contributed by atoms with Crippen LogP contribution < -0.4 is 4.74 Å². The van der Waals surface area contributed by atoms with Crippen LogP contribution >= 0.6 is 0 Å². The van der Waals surface area contributed by atoms with E-state index in [0.29, 0.717) is 0 Å². The summed E-state index contributed by atoms with van der Waals surface area (Å²) in [6.07, 6.45) is 1.03. The van der Waals surface area contributed by atoms with Gasteiger partial charge in [0, 0.05) is 6.54 Å². The Morgan fingerprint density at radius 1 is 1.41 bits per heavy atom. The molecule has 1 aliphatic rings. The number of rotatable bonds is 2. The minimum Gasteiger partial charge on any atom is -0.497 e. The lowest BCUT2D eigenvalue weighted by atomic mass is 9.84. The average Bonchev–Trinajstić information content (AvgIpc) is 2.26. The predicted octanol–water partition coefficient (Wildman–Crippen LogP) is 2.00. The molecule has 0 aromatic heterocycles. The molecule has 1 aromatic carbocycles. The van der Waals surface area contributed by atoms with Crippen LogP contribution in [0.5, 0.6) is 5.75 Å². The molecule has 1 N–H and O–H groups in total. The van der Waals surface area contributed by atoms with Gasteiger partial charge >= 0.3 is 0 Å². The Morgan fingerprint density at radius 2 is 2.12 bits per heavy atom. The molecule has 0 radical (unpaired) electrons. The number of ether oxygens (including phenoxy) is 1. The lowest BCUT2D eigenvalue weighted by Crippen LogP contribution is -2.44. The van der Waals surface area contributed by atoms with E-state index in [1.165, 1.54) is 11.1 Å². The molecule has 1 unspecified atom stereocenters. The summed E-state index contributed by atoms with van der Waals surface area (Å²) in [5, 5.41) is 10.3. The molecule has 1 atom stereocenters. The van der Waals surface area contributed by atoms with Crippen molar-refractivity contribution in [2.75, 3.05) is 20.7 Å². The quantitative estimate of drug-likeness (QED) is 0.851. The van der Waals surface area contributed by atoms with Crippen molar-refractivity contribution in [1.82, 2.24) is 4.90 Å². The van der Waals surface area contributed by atoms with Crippen LogP contribution in [0.1, 0.15) is 31.0 Å². The van der Waals surface area contributed by atoms with Gasteiger partial charge in [0.15, 0.2) is 0 Å². The van der Waals surface area contributed by atoms with Crippen LogP contribution in [0.15, 0.2) is 18.2 Å². The first-order valence-electron chi connectivity index (χ1n) is 6.03. The third kappa shape index (κ3) is 2.31. The van der Waals surface area contributed by atoms with Gasteiger partial charge in [-0.1, -0.05) is 6.07 Å². The lowest BCUT2D eigenvalue weighted by Gasteiger charge is -2.41. The highest BCUT2D eigenvalue weighted by Crippen LogP contribution is 2.37. The van der Waals surface area contributed by atoms with Gasteiger partial charge in [0.25, 0.3) is 0 Å². The largest absolute Gasteiger partial charge is 0.497 e. The zero-order valence-corrected chi connectivity index (χ0v) is 11.0. The van der Waals surface area contributed by atoms with Crippen LogP contribution in [0, 0.1) is 0 Å². The Balaban J connectivity index is 2.49. The molecule has 0 bridgehead atoms. The standard InChI is InChI=1S/C14H21NO2/c1-14(2,16)13-12-9-11(17-4)6-5-10(12)7-8-15(13)3/h5-6,9,13,16H,7-8H2,1-4H3. The van der Waals surface area contributed by atoms with Crippen molar-refractivity contribution in [3.63, 3.8) is 0 Å². The van der Waals surface area contributed by atoms with E-state index in [1.807, 2.05) is 26.0 Å². The van der Waals surface area contributed by atoms with Crippen LogP contribution in [0.25, 0.3) is 0 Å². The first kappa shape index (κ1) is 12.4. The van der Waals surface area contributed by atoms with Gasteiger partial charge in [-0.2, -0.15) is 0 Å². The maximum Gasteiger partial charge on any atom is 0.119 e. The normalized spacial score (nSPS) is 21.1. The van der Waals surface area contributed by atoms with Crippen LogP contribution in [0.2, 0.25) is 0 Å². The Morgan fingerprint density at radius 3 is 2.71 bits per heavy atom. The molecule has 94 valence electrons. The molecule has 1 aromatic rings. The van der Waals surface area contributed by atoms with Crippen molar-refractivity contribution in [2.45, 2.75) is 31.9 Å². The fourth-order valence-electron chi connectivity index (χ4n) is 2.77. The topological polar surface area (TPSA) is 32.7 Å². The number of hydrogen-bond acceptors (Lipinski definition) is 3. The molecule has 0 amide bonds. The van der Waals surface area contributed by atoms with E-state index in [1.54, 1.807) is 7.11 Å². The Bertz CT molecular complexity index is 409. The molecule has 1 heterocycles. The van der Waals surface area contributed by atoms with E-state index in [4.69, 9.17) is 4.74 Å². The van der Waals surface area contributed by atoms with E-state index in [0.717, 1.165) is 18.7 Å². The van der Waals surface area contributed by atoms with E-state index in [9.17, 15) is 5.11 Å². The summed E-state index contributed by atoms with van der Waals surface area (Å²) in [6.45, 7) is 4.71. The number of aliphatic hydroxyl groups is 1. The van der Waals surface area contributed by atoms with Gasteiger partial charge < -0.3 is 9.84 Å². The highest BCUT2D eigenvalue weighted by molar-refractivity contribution is 5.40. The Labute approximate surface area is 103 Å². The smallest absolute Gasteiger partial charge is 0.119 e.